The fraction of sp³-hybridized carbons (Fsp3) is 0.480. The molecule has 0 radical (unpaired) electrons. The second kappa shape index (κ2) is 9.28. The minimum Gasteiger partial charge on any atom is -0.372 e. The fourth-order valence-corrected chi connectivity index (χ4v) is 5.00. The molecule has 7 heteroatoms. The molecule has 1 atom stereocenters. The predicted octanol–water partition coefficient (Wildman–Crippen LogP) is 3.93. The monoisotopic (exact) mass is 432 g/mol. The first-order valence-corrected chi connectivity index (χ1v) is 11.9. The maximum Gasteiger partial charge on any atom is 0.241 e. The molecule has 0 spiro atoms. The molecule has 3 aromatic rings. The summed E-state index contributed by atoms with van der Waals surface area (Å²) in [5, 5.41) is 11.8. The number of rotatable bonds is 5. The summed E-state index contributed by atoms with van der Waals surface area (Å²) in [6, 6.07) is 14.1. The number of pyridine rings is 1. The van der Waals surface area contributed by atoms with E-state index in [-0.39, 0.29) is 11.9 Å². The van der Waals surface area contributed by atoms with E-state index in [4.69, 9.17) is 0 Å². The lowest BCUT2D eigenvalue weighted by molar-refractivity contribution is -0.121. The Labute approximate surface area is 189 Å². The van der Waals surface area contributed by atoms with Crippen LogP contribution in [0.15, 0.2) is 48.7 Å². The van der Waals surface area contributed by atoms with Crippen LogP contribution in [0.25, 0.3) is 5.65 Å². The normalized spacial score (nSPS) is 19.2. The van der Waals surface area contributed by atoms with Crippen LogP contribution in [0.3, 0.4) is 0 Å². The summed E-state index contributed by atoms with van der Waals surface area (Å²) < 4.78 is 2.09. The van der Waals surface area contributed by atoms with E-state index in [1.807, 2.05) is 43.5 Å². The van der Waals surface area contributed by atoms with Gasteiger partial charge in [-0.1, -0.05) is 6.07 Å². The number of anilines is 2. The van der Waals surface area contributed by atoms with E-state index in [9.17, 15) is 4.79 Å². The molecule has 2 fully saturated rings. The Hall–Kier alpha value is -2.93. The van der Waals surface area contributed by atoms with Gasteiger partial charge >= 0.3 is 0 Å². The highest BCUT2D eigenvalue weighted by Crippen LogP contribution is 2.28. The molecule has 1 amide bonds. The molecule has 0 saturated carbocycles. The van der Waals surface area contributed by atoms with Crippen LogP contribution in [0.1, 0.15) is 50.8 Å². The molecule has 1 N–H and O–H groups in total. The van der Waals surface area contributed by atoms with Crippen molar-refractivity contribution in [3.8, 4) is 0 Å². The standard InChI is InChI=1S/C25H32N6O/c1-19(25(32)26-21-8-10-22(11-9-21)30-14-4-2-5-15-30)29-17-12-20(13-18-29)24-28-27-23-7-3-6-16-31(23)24/h3,6-11,16,19-20H,2,4-5,12-15,17-18H2,1H3,(H,26,32). The first-order chi connectivity index (χ1) is 15.7. The number of nitrogens with one attached hydrogen (secondary N) is 1. The fourth-order valence-electron chi connectivity index (χ4n) is 5.00. The van der Waals surface area contributed by atoms with Gasteiger partial charge in [0, 0.05) is 36.6 Å². The van der Waals surface area contributed by atoms with E-state index in [2.05, 4.69) is 41.8 Å². The quantitative estimate of drug-likeness (QED) is 0.662. The summed E-state index contributed by atoms with van der Waals surface area (Å²) in [4.78, 5) is 17.6. The minimum atomic E-state index is -0.159. The van der Waals surface area contributed by atoms with Gasteiger partial charge in [-0.05, 0) is 88.5 Å². The number of hydrogen-bond acceptors (Lipinski definition) is 5. The number of carbonyl (C=O) groups is 1. The van der Waals surface area contributed by atoms with Crippen LogP contribution in [0.2, 0.25) is 0 Å². The van der Waals surface area contributed by atoms with Crippen LogP contribution < -0.4 is 10.2 Å². The summed E-state index contributed by atoms with van der Waals surface area (Å²) >= 11 is 0. The van der Waals surface area contributed by atoms with E-state index in [0.717, 1.165) is 56.2 Å². The van der Waals surface area contributed by atoms with E-state index in [1.165, 1.54) is 24.9 Å². The molecule has 2 saturated heterocycles. The third kappa shape index (κ3) is 4.35. The number of benzene rings is 1. The minimum absolute atomic E-state index is 0.0575. The number of aromatic nitrogens is 3. The molecule has 2 aliphatic rings. The summed E-state index contributed by atoms with van der Waals surface area (Å²) in [6.45, 7) is 6.03. The highest BCUT2D eigenvalue weighted by Gasteiger charge is 2.29. The van der Waals surface area contributed by atoms with Gasteiger partial charge in [0.25, 0.3) is 0 Å². The number of likely N-dealkylation sites (tertiary alicyclic amines) is 1. The van der Waals surface area contributed by atoms with Crippen LogP contribution in [-0.4, -0.2) is 57.6 Å². The van der Waals surface area contributed by atoms with Gasteiger partial charge in [0.15, 0.2) is 5.65 Å². The number of nitrogens with zero attached hydrogens (tertiary/aromatic N) is 5. The van der Waals surface area contributed by atoms with Gasteiger partial charge in [-0.25, -0.2) is 0 Å². The van der Waals surface area contributed by atoms with E-state index >= 15 is 0 Å². The zero-order valence-corrected chi connectivity index (χ0v) is 18.8. The number of piperidine rings is 2. The van der Waals surface area contributed by atoms with Gasteiger partial charge in [0.2, 0.25) is 5.91 Å². The van der Waals surface area contributed by atoms with Gasteiger partial charge in [-0.2, -0.15) is 0 Å². The van der Waals surface area contributed by atoms with Gasteiger partial charge < -0.3 is 10.2 Å². The number of amides is 1. The van der Waals surface area contributed by atoms with Crippen molar-refractivity contribution in [3.05, 3.63) is 54.5 Å². The van der Waals surface area contributed by atoms with E-state index < -0.39 is 0 Å². The first kappa shape index (κ1) is 20.9. The molecule has 168 valence electrons. The molecular formula is C25H32N6O. The largest absolute Gasteiger partial charge is 0.372 e. The average Bonchev–Trinajstić information content (AvgIpc) is 3.29. The van der Waals surface area contributed by atoms with Crippen molar-refractivity contribution < 1.29 is 4.79 Å². The zero-order chi connectivity index (χ0) is 21.9. The van der Waals surface area contributed by atoms with Crippen molar-refractivity contribution in [3.63, 3.8) is 0 Å². The summed E-state index contributed by atoms with van der Waals surface area (Å²) in [5.74, 6) is 1.47. The lowest BCUT2D eigenvalue weighted by Gasteiger charge is -2.34. The van der Waals surface area contributed by atoms with Gasteiger partial charge in [0.1, 0.15) is 5.82 Å². The molecular weight excluding hydrogens is 400 g/mol. The van der Waals surface area contributed by atoms with Crippen molar-refractivity contribution in [2.24, 2.45) is 0 Å². The lowest BCUT2D eigenvalue weighted by Crippen LogP contribution is -2.45. The molecule has 4 heterocycles. The summed E-state index contributed by atoms with van der Waals surface area (Å²) in [5.41, 5.74) is 3.01. The molecule has 2 aromatic heterocycles. The first-order valence-electron chi connectivity index (χ1n) is 11.9. The molecule has 2 aliphatic heterocycles. The topological polar surface area (TPSA) is 65.8 Å². The van der Waals surface area contributed by atoms with Crippen LogP contribution in [0, 0.1) is 0 Å². The van der Waals surface area contributed by atoms with Gasteiger partial charge in [0.05, 0.1) is 6.04 Å². The van der Waals surface area contributed by atoms with Crippen molar-refractivity contribution in [1.29, 1.82) is 0 Å². The highest BCUT2D eigenvalue weighted by atomic mass is 16.2. The molecule has 7 nitrogen and oxygen atoms in total. The van der Waals surface area contributed by atoms with E-state index in [1.54, 1.807) is 0 Å². The summed E-state index contributed by atoms with van der Waals surface area (Å²) in [6.07, 6.45) is 7.86. The molecule has 0 bridgehead atoms. The number of fused-ring (bicyclic) bond motifs is 1. The van der Waals surface area contributed by atoms with Crippen molar-refractivity contribution in [2.45, 2.75) is 51.0 Å². The van der Waals surface area contributed by atoms with Crippen molar-refractivity contribution in [2.75, 3.05) is 36.4 Å². The van der Waals surface area contributed by atoms with Crippen LogP contribution in [0.4, 0.5) is 11.4 Å². The van der Waals surface area contributed by atoms with Crippen molar-refractivity contribution in [1.82, 2.24) is 19.5 Å². The zero-order valence-electron chi connectivity index (χ0n) is 18.8. The number of carbonyl (C=O) groups excluding carboxylic acids is 1. The maximum atomic E-state index is 12.9. The second-order valence-electron chi connectivity index (χ2n) is 9.06. The van der Waals surface area contributed by atoms with Crippen LogP contribution in [0.5, 0.6) is 0 Å². The Morgan fingerprint density at radius 3 is 2.47 bits per heavy atom. The summed E-state index contributed by atoms with van der Waals surface area (Å²) in [7, 11) is 0. The Morgan fingerprint density at radius 1 is 0.969 bits per heavy atom. The lowest BCUT2D eigenvalue weighted by atomic mass is 9.95. The Morgan fingerprint density at radius 2 is 1.72 bits per heavy atom. The van der Waals surface area contributed by atoms with Crippen molar-refractivity contribution >= 4 is 22.9 Å². The van der Waals surface area contributed by atoms with Crippen LogP contribution >= 0.6 is 0 Å². The highest BCUT2D eigenvalue weighted by molar-refractivity contribution is 5.94. The molecule has 1 unspecified atom stereocenters. The predicted molar refractivity (Wildman–Crippen MR) is 127 cm³/mol. The number of hydrogen-bond donors (Lipinski definition) is 1. The SMILES string of the molecule is CC(C(=O)Nc1ccc(N2CCCCC2)cc1)N1CCC(c2nnc3ccccn23)CC1. The third-order valence-electron chi connectivity index (χ3n) is 7.02. The second-order valence-corrected chi connectivity index (χ2v) is 9.06. The van der Waals surface area contributed by atoms with Gasteiger partial charge in [-0.3, -0.25) is 14.1 Å². The Kier molecular flexibility index (Phi) is 6.08. The molecule has 5 rings (SSSR count). The molecule has 1 aromatic carbocycles. The molecule has 32 heavy (non-hydrogen) atoms. The third-order valence-corrected chi connectivity index (χ3v) is 7.02. The smallest absolute Gasteiger partial charge is 0.241 e. The Balaban J connectivity index is 1.15. The Bertz CT molecular complexity index is 1050. The van der Waals surface area contributed by atoms with E-state index in [0.29, 0.717) is 5.92 Å². The maximum absolute atomic E-state index is 12.9. The van der Waals surface area contributed by atoms with Gasteiger partial charge in [-0.15, -0.1) is 10.2 Å². The average molecular weight is 433 g/mol. The van der Waals surface area contributed by atoms with Crippen LogP contribution in [-0.2, 0) is 4.79 Å². The molecule has 0 aliphatic carbocycles.